The summed E-state index contributed by atoms with van der Waals surface area (Å²) in [6, 6.07) is 13.7. The van der Waals surface area contributed by atoms with Gasteiger partial charge in [-0.1, -0.05) is 24.3 Å². The maximum absolute atomic E-state index is 12.6. The van der Waals surface area contributed by atoms with Crippen molar-refractivity contribution >= 4 is 50.0 Å². The van der Waals surface area contributed by atoms with Crippen molar-refractivity contribution in [1.82, 2.24) is 4.98 Å². The maximum atomic E-state index is 12.6. The van der Waals surface area contributed by atoms with E-state index in [-0.39, 0.29) is 11.2 Å². The number of carbonyl (C=O) groups excluding carboxylic acids is 1. The van der Waals surface area contributed by atoms with Crippen molar-refractivity contribution in [2.75, 3.05) is 11.1 Å². The fraction of sp³-hybridized carbons (Fsp3) is 0.222. The number of benzene rings is 2. The number of thioether (sulfide) groups is 1. The number of hydrogen-bond donors (Lipinski definition) is 2. The summed E-state index contributed by atoms with van der Waals surface area (Å²) in [4.78, 5) is 18.1. The summed E-state index contributed by atoms with van der Waals surface area (Å²) in [6.07, 6.45) is 0.741. The van der Waals surface area contributed by atoms with Crippen LogP contribution in [-0.4, -0.2) is 16.1 Å². The molecule has 0 bridgehead atoms. The van der Waals surface area contributed by atoms with Gasteiger partial charge in [0, 0.05) is 10.6 Å². The molecule has 1 atom stereocenters. The Hall–Kier alpha value is -2.05. The quantitative estimate of drug-likeness (QED) is 0.513. The average Bonchev–Trinajstić information content (AvgIpc) is 2.95. The number of nitrogens with zero attached hydrogens (tertiary/aromatic N) is 1. The zero-order valence-corrected chi connectivity index (χ0v) is 15.2. The smallest absolute Gasteiger partial charge is 0.239 e. The second-order valence-electron chi connectivity index (χ2n) is 5.56. The lowest BCUT2D eigenvalue weighted by atomic mass is 10.2. The molecule has 0 saturated heterocycles. The summed E-state index contributed by atoms with van der Waals surface area (Å²) in [5, 5.41) is 3.44. The Morgan fingerprint density at radius 2 is 2.04 bits per heavy atom. The SMILES string of the molecule is CCC(Sc1ccc(N)cc1)C(=O)Nc1nc2ccc(C)cc2s1. The Labute approximate surface area is 149 Å². The van der Waals surface area contributed by atoms with E-state index in [0.29, 0.717) is 5.13 Å². The second kappa shape index (κ2) is 7.23. The molecular formula is C18H19N3OS2. The molecule has 3 aromatic rings. The fourth-order valence-electron chi connectivity index (χ4n) is 2.30. The van der Waals surface area contributed by atoms with E-state index in [1.54, 1.807) is 11.8 Å². The molecule has 4 nitrogen and oxygen atoms in total. The highest BCUT2D eigenvalue weighted by Gasteiger charge is 2.19. The minimum absolute atomic E-state index is 0.0184. The number of hydrogen-bond acceptors (Lipinski definition) is 5. The predicted octanol–water partition coefficient (Wildman–Crippen LogP) is 4.70. The van der Waals surface area contributed by atoms with Crippen molar-refractivity contribution in [3.63, 3.8) is 0 Å². The Morgan fingerprint density at radius 1 is 1.29 bits per heavy atom. The van der Waals surface area contributed by atoms with Crippen LogP contribution in [0.5, 0.6) is 0 Å². The number of thiazole rings is 1. The van der Waals surface area contributed by atoms with Gasteiger partial charge in [-0.3, -0.25) is 4.79 Å². The molecule has 1 heterocycles. The first-order valence-electron chi connectivity index (χ1n) is 7.75. The highest BCUT2D eigenvalue weighted by Crippen LogP contribution is 2.30. The Balaban J connectivity index is 1.72. The second-order valence-corrected chi connectivity index (χ2v) is 7.87. The molecule has 24 heavy (non-hydrogen) atoms. The molecule has 0 aliphatic rings. The van der Waals surface area contributed by atoms with Crippen molar-refractivity contribution < 1.29 is 4.79 Å². The van der Waals surface area contributed by atoms with Gasteiger partial charge in [0.2, 0.25) is 5.91 Å². The zero-order chi connectivity index (χ0) is 17.1. The number of aryl methyl sites for hydroxylation is 1. The van der Waals surface area contributed by atoms with Crippen molar-refractivity contribution in [2.45, 2.75) is 30.4 Å². The monoisotopic (exact) mass is 357 g/mol. The number of nitrogens with one attached hydrogen (secondary N) is 1. The Morgan fingerprint density at radius 3 is 2.75 bits per heavy atom. The molecule has 2 aromatic carbocycles. The highest BCUT2D eigenvalue weighted by molar-refractivity contribution is 8.00. The number of fused-ring (bicyclic) bond motifs is 1. The topological polar surface area (TPSA) is 68.0 Å². The molecule has 0 aliphatic carbocycles. The minimum Gasteiger partial charge on any atom is -0.399 e. The Bertz CT molecular complexity index is 858. The molecule has 3 N–H and O–H groups in total. The van der Waals surface area contributed by atoms with Gasteiger partial charge in [-0.2, -0.15) is 0 Å². The zero-order valence-electron chi connectivity index (χ0n) is 13.6. The van der Waals surface area contributed by atoms with Gasteiger partial charge >= 0.3 is 0 Å². The molecule has 0 aliphatic heterocycles. The summed E-state index contributed by atoms with van der Waals surface area (Å²) >= 11 is 3.05. The van der Waals surface area contributed by atoms with Crippen molar-refractivity contribution in [1.29, 1.82) is 0 Å². The van der Waals surface area contributed by atoms with Crippen molar-refractivity contribution in [3.05, 3.63) is 48.0 Å². The van der Waals surface area contributed by atoms with E-state index in [1.807, 2.05) is 50.2 Å². The van der Waals surface area contributed by atoms with Gasteiger partial charge in [0.1, 0.15) is 0 Å². The number of aromatic nitrogens is 1. The van der Waals surface area contributed by atoms with Crippen LogP contribution in [0, 0.1) is 6.92 Å². The van der Waals surface area contributed by atoms with Gasteiger partial charge in [0.15, 0.2) is 5.13 Å². The van der Waals surface area contributed by atoms with Crippen LogP contribution in [-0.2, 0) is 4.79 Å². The van der Waals surface area contributed by atoms with Crippen LogP contribution in [0.25, 0.3) is 10.2 Å². The van der Waals surface area contributed by atoms with Gasteiger partial charge < -0.3 is 11.1 Å². The number of rotatable bonds is 5. The van der Waals surface area contributed by atoms with Crippen LogP contribution in [0.4, 0.5) is 10.8 Å². The van der Waals surface area contributed by atoms with Crippen LogP contribution >= 0.6 is 23.1 Å². The largest absolute Gasteiger partial charge is 0.399 e. The molecule has 0 spiro atoms. The van der Waals surface area contributed by atoms with E-state index in [1.165, 1.54) is 16.9 Å². The van der Waals surface area contributed by atoms with Gasteiger partial charge in [-0.25, -0.2) is 4.98 Å². The first kappa shape index (κ1) is 16.8. The lowest BCUT2D eigenvalue weighted by Crippen LogP contribution is -2.24. The average molecular weight is 358 g/mol. The molecule has 1 unspecified atom stereocenters. The van der Waals surface area contributed by atoms with E-state index in [4.69, 9.17) is 5.73 Å². The fourth-order valence-corrected chi connectivity index (χ4v) is 4.23. The van der Waals surface area contributed by atoms with Crippen molar-refractivity contribution in [2.24, 2.45) is 0 Å². The minimum atomic E-state index is -0.164. The summed E-state index contributed by atoms with van der Waals surface area (Å²) in [7, 11) is 0. The van der Waals surface area contributed by atoms with E-state index < -0.39 is 0 Å². The third kappa shape index (κ3) is 3.88. The van der Waals surface area contributed by atoms with Gasteiger partial charge in [0.05, 0.1) is 15.5 Å². The summed E-state index contributed by atoms with van der Waals surface area (Å²) in [5.41, 5.74) is 8.53. The lowest BCUT2D eigenvalue weighted by molar-refractivity contribution is -0.115. The van der Waals surface area contributed by atoms with Crippen LogP contribution in [0.1, 0.15) is 18.9 Å². The molecule has 0 radical (unpaired) electrons. The Kier molecular flexibility index (Phi) is 5.06. The van der Waals surface area contributed by atoms with Crippen LogP contribution in [0.2, 0.25) is 0 Å². The third-order valence-corrected chi connectivity index (χ3v) is 5.91. The molecule has 0 saturated carbocycles. The van der Waals surface area contributed by atoms with Gasteiger partial charge in [-0.15, -0.1) is 11.8 Å². The maximum Gasteiger partial charge on any atom is 0.239 e. The summed E-state index contributed by atoms with van der Waals surface area (Å²) < 4.78 is 1.09. The first-order chi connectivity index (χ1) is 11.5. The van der Waals surface area contributed by atoms with Crippen LogP contribution in [0.3, 0.4) is 0 Å². The van der Waals surface area contributed by atoms with E-state index in [9.17, 15) is 4.79 Å². The molecule has 3 rings (SSSR count). The standard InChI is InChI=1S/C18H19N3OS2/c1-3-15(23-13-7-5-12(19)6-8-13)17(22)21-18-20-14-9-4-11(2)10-16(14)24-18/h4-10,15H,3,19H2,1-2H3,(H,20,21,22). The summed E-state index contributed by atoms with van der Waals surface area (Å²) in [6.45, 7) is 4.06. The predicted molar refractivity (Wildman–Crippen MR) is 104 cm³/mol. The summed E-state index contributed by atoms with van der Waals surface area (Å²) in [5.74, 6) is -0.0184. The lowest BCUT2D eigenvalue weighted by Gasteiger charge is -2.13. The number of nitrogens with two attached hydrogens (primary N) is 1. The number of amides is 1. The number of anilines is 2. The van der Waals surface area contributed by atoms with E-state index >= 15 is 0 Å². The van der Waals surface area contributed by atoms with Crippen LogP contribution < -0.4 is 11.1 Å². The molecular weight excluding hydrogens is 338 g/mol. The normalized spacial score (nSPS) is 12.2. The highest BCUT2D eigenvalue weighted by atomic mass is 32.2. The van der Waals surface area contributed by atoms with Crippen molar-refractivity contribution in [3.8, 4) is 0 Å². The van der Waals surface area contributed by atoms with E-state index in [2.05, 4.69) is 16.4 Å². The first-order valence-corrected chi connectivity index (χ1v) is 9.45. The number of carbonyl (C=O) groups is 1. The third-order valence-electron chi connectivity index (χ3n) is 3.60. The molecule has 0 fully saturated rings. The number of nitrogen functional groups attached to an aromatic ring is 1. The molecule has 1 amide bonds. The molecule has 124 valence electrons. The van der Waals surface area contributed by atoms with Gasteiger partial charge in [-0.05, 0) is 55.3 Å². The van der Waals surface area contributed by atoms with Gasteiger partial charge in [0.25, 0.3) is 0 Å². The molecule has 6 heteroatoms. The molecule has 1 aromatic heterocycles. The van der Waals surface area contributed by atoms with E-state index in [0.717, 1.165) is 27.2 Å². The van der Waals surface area contributed by atoms with Crippen LogP contribution in [0.15, 0.2) is 47.4 Å².